The van der Waals surface area contributed by atoms with Gasteiger partial charge in [0, 0.05) is 12.5 Å². The van der Waals surface area contributed by atoms with Crippen molar-refractivity contribution in [1.29, 1.82) is 0 Å². The van der Waals surface area contributed by atoms with Gasteiger partial charge in [0.2, 0.25) is 0 Å². The molecular formula is C11H14O2. The van der Waals surface area contributed by atoms with Crippen molar-refractivity contribution >= 4 is 5.78 Å². The Balaban J connectivity index is 2.26. The van der Waals surface area contributed by atoms with Crippen LogP contribution in [0.4, 0.5) is 0 Å². The molecule has 2 heteroatoms. The Bertz CT molecular complexity index is 308. The molecule has 1 fully saturated rings. The van der Waals surface area contributed by atoms with Crippen molar-refractivity contribution in [3.8, 4) is 0 Å². The Morgan fingerprint density at radius 3 is 3.00 bits per heavy atom. The van der Waals surface area contributed by atoms with Crippen LogP contribution in [0.1, 0.15) is 33.1 Å². The molecule has 0 aromatic carbocycles. The molecule has 2 rings (SSSR count). The number of rotatable bonds is 0. The lowest BCUT2D eigenvalue weighted by molar-refractivity contribution is -0.114. The first-order valence-electron chi connectivity index (χ1n) is 4.70. The van der Waals surface area contributed by atoms with Crippen LogP contribution < -0.4 is 0 Å². The molecule has 0 bridgehead atoms. The van der Waals surface area contributed by atoms with E-state index >= 15 is 0 Å². The van der Waals surface area contributed by atoms with Crippen LogP contribution in [-0.4, -0.2) is 11.4 Å². The summed E-state index contributed by atoms with van der Waals surface area (Å²) in [4.78, 5) is 11.1. The minimum atomic E-state index is -0.110. The van der Waals surface area contributed by atoms with Crippen molar-refractivity contribution in [3.05, 3.63) is 23.5 Å². The second kappa shape index (κ2) is 2.72. The molecule has 0 aromatic heterocycles. The van der Waals surface area contributed by atoms with Crippen LogP contribution in [0, 0.1) is 0 Å². The van der Waals surface area contributed by atoms with Crippen LogP contribution in [0.3, 0.4) is 0 Å². The lowest BCUT2D eigenvalue weighted by Crippen LogP contribution is -2.30. The second-order valence-electron chi connectivity index (χ2n) is 4.27. The molecule has 0 aromatic rings. The Morgan fingerprint density at radius 1 is 1.46 bits per heavy atom. The first-order chi connectivity index (χ1) is 6.07. The molecule has 0 atom stereocenters. The largest absolute Gasteiger partial charge is 0.487 e. The lowest BCUT2D eigenvalue weighted by atomic mass is 9.90. The highest BCUT2D eigenvalue weighted by Crippen LogP contribution is 2.35. The molecule has 0 spiro atoms. The van der Waals surface area contributed by atoms with Gasteiger partial charge in [0.15, 0.2) is 5.78 Å². The highest BCUT2D eigenvalue weighted by Gasteiger charge is 2.29. The summed E-state index contributed by atoms with van der Waals surface area (Å²) in [5, 5.41) is 0. The Kier molecular flexibility index (Phi) is 1.79. The van der Waals surface area contributed by atoms with Crippen molar-refractivity contribution in [2.45, 2.75) is 38.7 Å². The second-order valence-corrected chi connectivity index (χ2v) is 4.27. The van der Waals surface area contributed by atoms with Gasteiger partial charge < -0.3 is 4.74 Å². The van der Waals surface area contributed by atoms with Gasteiger partial charge in [-0.15, -0.1) is 0 Å². The summed E-state index contributed by atoms with van der Waals surface area (Å²) < 4.78 is 5.72. The van der Waals surface area contributed by atoms with Crippen LogP contribution >= 0.6 is 0 Å². The number of ether oxygens (including phenoxy) is 1. The fraction of sp³-hybridized carbons (Fsp3) is 0.545. The van der Waals surface area contributed by atoms with Crippen LogP contribution in [0.5, 0.6) is 0 Å². The molecule has 2 nitrogen and oxygen atoms in total. The van der Waals surface area contributed by atoms with Gasteiger partial charge in [-0.1, -0.05) is 6.08 Å². The predicted octanol–water partition coefficient (Wildman–Crippen LogP) is 2.36. The van der Waals surface area contributed by atoms with Crippen molar-refractivity contribution < 1.29 is 9.53 Å². The van der Waals surface area contributed by atoms with Crippen LogP contribution in [0.2, 0.25) is 0 Å². The highest BCUT2D eigenvalue weighted by molar-refractivity contribution is 5.93. The summed E-state index contributed by atoms with van der Waals surface area (Å²) in [5.74, 6) is 0.948. The third-order valence-corrected chi connectivity index (χ3v) is 2.54. The van der Waals surface area contributed by atoms with Crippen molar-refractivity contribution in [2.75, 3.05) is 0 Å². The molecule has 1 heterocycles. The predicted molar refractivity (Wildman–Crippen MR) is 50.2 cm³/mol. The topological polar surface area (TPSA) is 26.3 Å². The summed E-state index contributed by atoms with van der Waals surface area (Å²) in [7, 11) is 0. The van der Waals surface area contributed by atoms with Gasteiger partial charge in [0.1, 0.15) is 11.4 Å². The number of fused-ring (bicyclic) bond motifs is 1. The van der Waals surface area contributed by atoms with Gasteiger partial charge in [-0.2, -0.15) is 0 Å². The van der Waals surface area contributed by atoms with Gasteiger partial charge in [0.25, 0.3) is 0 Å². The minimum absolute atomic E-state index is 0.110. The quantitative estimate of drug-likeness (QED) is 0.569. The zero-order valence-corrected chi connectivity index (χ0v) is 8.09. The Hall–Kier alpha value is -1.05. The zero-order chi connectivity index (χ0) is 9.47. The van der Waals surface area contributed by atoms with Gasteiger partial charge in [-0.3, -0.25) is 4.79 Å². The minimum Gasteiger partial charge on any atom is -0.487 e. The molecule has 0 saturated carbocycles. The number of allylic oxidation sites excluding steroid dienone is 3. The first kappa shape index (κ1) is 8.54. The average molecular weight is 178 g/mol. The summed E-state index contributed by atoms with van der Waals surface area (Å²) in [5.41, 5.74) is 1.10. The molecule has 1 aliphatic heterocycles. The van der Waals surface area contributed by atoms with Crippen molar-refractivity contribution in [1.82, 2.24) is 0 Å². The van der Waals surface area contributed by atoms with Gasteiger partial charge >= 0.3 is 0 Å². The molecule has 0 radical (unpaired) electrons. The maximum Gasteiger partial charge on any atom is 0.163 e. The smallest absolute Gasteiger partial charge is 0.163 e. The Labute approximate surface area is 78.3 Å². The zero-order valence-electron chi connectivity index (χ0n) is 8.09. The monoisotopic (exact) mass is 178 g/mol. The van der Waals surface area contributed by atoms with Gasteiger partial charge in [-0.05, 0) is 32.3 Å². The molecule has 1 saturated heterocycles. The van der Waals surface area contributed by atoms with Crippen LogP contribution in [0.15, 0.2) is 23.5 Å². The van der Waals surface area contributed by atoms with Crippen molar-refractivity contribution in [2.24, 2.45) is 0 Å². The number of hydrogen-bond donors (Lipinski definition) is 0. The highest BCUT2D eigenvalue weighted by atomic mass is 16.5. The summed E-state index contributed by atoms with van der Waals surface area (Å²) >= 11 is 0. The van der Waals surface area contributed by atoms with Gasteiger partial charge in [0.05, 0.1) is 0 Å². The first-order valence-corrected chi connectivity index (χ1v) is 4.70. The summed E-state index contributed by atoms with van der Waals surface area (Å²) in [6.45, 7) is 4.12. The maximum absolute atomic E-state index is 11.1. The van der Waals surface area contributed by atoms with Crippen LogP contribution in [0.25, 0.3) is 0 Å². The maximum atomic E-state index is 11.1. The molecule has 0 N–H and O–H groups in total. The normalized spacial score (nSPS) is 25.5. The molecule has 2 aliphatic rings. The van der Waals surface area contributed by atoms with E-state index in [4.69, 9.17) is 4.74 Å². The number of ketones is 1. The van der Waals surface area contributed by atoms with E-state index in [1.807, 2.05) is 6.08 Å². The lowest BCUT2D eigenvalue weighted by Gasteiger charge is -2.35. The van der Waals surface area contributed by atoms with E-state index < -0.39 is 0 Å². The molecule has 0 unspecified atom stereocenters. The summed E-state index contributed by atoms with van der Waals surface area (Å²) in [6.07, 6.45) is 6.24. The third-order valence-electron chi connectivity index (χ3n) is 2.54. The molecule has 1 aliphatic carbocycles. The molecular weight excluding hydrogens is 164 g/mol. The van der Waals surface area contributed by atoms with Crippen molar-refractivity contribution in [3.63, 3.8) is 0 Å². The Morgan fingerprint density at radius 2 is 2.23 bits per heavy atom. The third kappa shape index (κ3) is 1.67. The standard InChI is InChI=1S/C11H14O2/c1-11(2)6-5-8-3-4-9(12)7-10(8)13-11/h3,7H,4-6H2,1-2H3. The number of carbonyl (C=O) groups is 1. The van der Waals surface area contributed by atoms with E-state index in [1.165, 1.54) is 5.57 Å². The van der Waals surface area contributed by atoms with E-state index in [0.717, 1.165) is 18.6 Å². The molecule has 0 amide bonds. The van der Waals surface area contributed by atoms with E-state index in [2.05, 4.69) is 13.8 Å². The van der Waals surface area contributed by atoms with Crippen LogP contribution in [-0.2, 0) is 9.53 Å². The van der Waals surface area contributed by atoms with Gasteiger partial charge in [-0.25, -0.2) is 0 Å². The molecule has 13 heavy (non-hydrogen) atoms. The van der Waals surface area contributed by atoms with E-state index in [-0.39, 0.29) is 11.4 Å². The van der Waals surface area contributed by atoms with E-state index in [9.17, 15) is 4.79 Å². The fourth-order valence-electron chi connectivity index (χ4n) is 1.73. The fourth-order valence-corrected chi connectivity index (χ4v) is 1.73. The number of carbonyl (C=O) groups excluding carboxylic acids is 1. The molecule has 70 valence electrons. The van der Waals surface area contributed by atoms with E-state index in [1.54, 1.807) is 6.08 Å². The number of hydrogen-bond acceptors (Lipinski definition) is 2. The SMILES string of the molecule is CC1(C)CCC2=CCC(=O)C=C2O1. The van der Waals surface area contributed by atoms with E-state index in [0.29, 0.717) is 6.42 Å². The summed E-state index contributed by atoms with van der Waals surface area (Å²) in [6, 6.07) is 0. The average Bonchev–Trinajstić information content (AvgIpc) is 2.01.